The molecule has 0 saturated heterocycles. The lowest BCUT2D eigenvalue weighted by atomic mass is 10.2. The molecule has 1 aromatic heterocycles. The van der Waals surface area contributed by atoms with Crippen LogP contribution in [0.15, 0.2) is 22.7 Å². The predicted molar refractivity (Wildman–Crippen MR) is 71.7 cm³/mol. The number of hydrogen-bond donors (Lipinski definition) is 1. The van der Waals surface area contributed by atoms with Crippen molar-refractivity contribution in [2.45, 2.75) is 40.0 Å². The lowest BCUT2D eigenvalue weighted by Crippen LogP contribution is -2.21. The Morgan fingerprint density at radius 2 is 2.20 bits per heavy atom. The Morgan fingerprint density at radius 1 is 1.40 bits per heavy atom. The van der Waals surface area contributed by atoms with Gasteiger partial charge in [0, 0.05) is 19.5 Å². The SMILES string of the molecule is Cc1nc(COc2ccc(CNC(C)C)cc2F)no1. The maximum atomic E-state index is 13.9. The monoisotopic (exact) mass is 279 g/mol. The number of halogens is 1. The summed E-state index contributed by atoms with van der Waals surface area (Å²) in [4.78, 5) is 3.99. The van der Waals surface area contributed by atoms with Crippen molar-refractivity contribution < 1.29 is 13.7 Å². The first kappa shape index (κ1) is 14.5. The molecule has 0 saturated carbocycles. The first-order valence-electron chi connectivity index (χ1n) is 6.48. The van der Waals surface area contributed by atoms with Gasteiger partial charge >= 0.3 is 0 Å². The summed E-state index contributed by atoms with van der Waals surface area (Å²) in [6.07, 6.45) is 0. The fraction of sp³-hybridized carbons (Fsp3) is 0.429. The van der Waals surface area contributed by atoms with E-state index in [2.05, 4.69) is 15.5 Å². The van der Waals surface area contributed by atoms with Crippen LogP contribution in [-0.4, -0.2) is 16.2 Å². The van der Waals surface area contributed by atoms with Gasteiger partial charge in [0.25, 0.3) is 0 Å². The molecule has 0 aliphatic carbocycles. The average Bonchev–Trinajstić information content (AvgIpc) is 2.81. The van der Waals surface area contributed by atoms with Gasteiger partial charge in [0.05, 0.1) is 0 Å². The van der Waals surface area contributed by atoms with Crippen LogP contribution < -0.4 is 10.1 Å². The molecule has 0 amide bonds. The zero-order valence-corrected chi connectivity index (χ0v) is 11.8. The lowest BCUT2D eigenvalue weighted by molar-refractivity contribution is 0.272. The largest absolute Gasteiger partial charge is 0.482 e. The van der Waals surface area contributed by atoms with Crippen LogP contribution >= 0.6 is 0 Å². The van der Waals surface area contributed by atoms with Gasteiger partial charge in [-0.25, -0.2) is 4.39 Å². The Morgan fingerprint density at radius 3 is 2.80 bits per heavy atom. The lowest BCUT2D eigenvalue weighted by Gasteiger charge is -2.10. The Kier molecular flexibility index (Phi) is 4.68. The van der Waals surface area contributed by atoms with E-state index in [0.717, 1.165) is 5.56 Å². The number of rotatable bonds is 6. The fourth-order valence-corrected chi connectivity index (χ4v) is 1.64. The molecule has 5 nitrogen and oxygen atoms in total. The van der Waals surface area contributed by atoms with E-state index in [1.807, 2.05) is 19.9 Å². The van der Waals surface area contributed by atoms with Gasteiger partial charge in [0.2, 0.25) is 11.7 Å². The number of aryl methyl sites for hydroxylation is 1. The molecular formula is C14H18FN3O2. The molecule has 2 aromatic rings. The predicted octanol–water partition coefficient (Wildman–Crippen LogP) is 2.59. The molecule has 1 aromatic carbocycles. The molecule has 0 radical (unpaired) electrons. The molecule has 0 atom stereocenters. The van der Waals surface area contributed by atoms with Gasteiger partial charge in [-0.15, -0.1) is 0 Å². The van der Waals surface area contributed by atoms with Gasteiger partial charge < -0.3 is 14.6 Å². The average molecular weight is 279 g/mol. The third-order valence-electron chi connectivity index (χ3n) is 2.64. The molecule has 0 aliphatic heterocycles. The molecule has 0 spiro atoms. The maximum Gasteiger partial charge on any atom is 0.223 e. The van der Waals surface area contributed by atoms with Crippen LogP contribution in [-0.2, 0) is 13.2 Å². The zero-order chi connectivity index (χ0) is 14.5. The normalized spacial score (nSPS) is 11.1. The number of hydrogen-bond acceptors (Lipinski definition) is 5. The van der Waals surface area contributed by atoms with Crippen LogP contribution in [0.5, 0.6) is 5.75 Å². The van der Waals surface area contributed by atoms with Crippen molar-refractivity contribution in [3.63, 3.8) is 0 Å². The van der Waals surface area contributed by atoms with Crippen molar-refractivity contribution in [3.05, 3.63) is 41.3 Å². The van der Waals surface area contributed by atoms with Crippen molar-refractivity contribution in [2.75, 3.05) is 0 Å². The topological polar surface area (TPSA) is 60.2 Å². The van der Waals surface area contributed by atoms with E-state index in [-0.39, 0.29) is 12.4 Å². The summed E-state index contributed by atoms with van der Waals surface area (Å²) in [6, 6.07) is 5.26. The minimum Gasteiger partial charge on any atom is -0.482 e. The van der Waals surface area contributed by atoms with Crippen molar-refractivity contribution in [1.82, 2.24) is 15.5 Å². The molecule has 108 valence electrons. The Hall–Kier alpha value is -1.95. The molecule has 6 heteroatoms. The summed E-state index contributed by atoms with van der Waals surface area (Å²) < 4.78 is 24.0. The highest BCUT2D eigenvalue weighted by atomic mass is 19.1. The van der Waals surface area contributed by atoms with Gasteiger partial charge in [-0.2, -0.15) is 4.98 Å². The van der Waals surface area contributed by atoms with Crippen LogP contribution in [0.1, 0.15) is 31.1 Å². The first-order chi connectivity index (χ1) is 9.54. The highest BCUT2D eigenvalue weighted by Gasteiger charge is 2.08. The highest BCUT2D eigenvalue weighted by Crippen LogP contribution is 2.19. The third-order valence-corrected chi connectivity index (χ3v) is 2.64. The molecule has 0 fully saturated rings. The van der Waals surface area contributed by atoms with E-state index in [1.54, 1.807) is 13.0 Å². The smallest absolute Gasteiger partial charge is 0.223 e. The summed E-state index contributed by atoms with van der Waals surface area (Å²) in [5.41, 5.74) is 0.874. The van der Waals surface area contributed by atoms with E-state index >= 15 is 0 Å². The van der Waals surface area contributed by atoms with Crippen molar-refractivity contribution in [3.8, 4) is 5.75 Å². The Balaban J connectivity index is 1.95. The molecule has 1 N–H and O–H groups in total. The van der Waals surface area contributed by atoms with Gasteiger partial charge in [-0.3, -0.25) is 0 Å². The zero-order valence-electron chi connectivity index (χ0n) is 11.8. The number of nitrogens with one attached hydrogen (secondary N) is 1. The highest BCUT2D eigenvalue weighted by molar-refractivity contribution is 5.29. The van der Waals surface area contributed by atoms with Gasteiger partial charge in [-0.05, 0) is 17.7 Å². The number of aromatic nitrogens is 2. The molecule has 0 aliphatic rings. The van der Waals surface area contributed by atoms with E-state index in [0.29, 0.717) is 24.3 Å². The molecule has 2 rings (SSSR count). The molecule has 0 unspecified atom stereocenters. The summed E-state index contributed by atoms with van der Waals surface area (Å²) in [6.45, 7) is 6.48. The second kappa shape index (κ2) is 6.47. The molecule has 1 heterocycles. The van der Waals surface area contributed by atoms with Crippen molar-refractivity contribution in [2.24, 2.45) is 0 Å². The molecule has 0 bridgehead atoms. The molecular weight excluding hydrogens is 261 g/mol. The van der Waals surface area contributed by atoms with Gasteiger partial charge in [0.15, 0.2) is 18.2 Å². The number of ether oxygens (including phenoxy) is 1. The molecule has 20 heavy (non-hydrogen) atoms. The Labute approximate surface area is 117 Å². The van der Waals surface area contributed by atoms with Crippen LogP contribution in [0.2, 0.25) is 0 Å². The summed E-state index contributed by atoms with van der Waals surface area (Å²) in [5.74, 6) is 0.639. The minimum absolute atomic E-state index is 0.0812. The van der Waals surface area contributed by atoms with E-state index in [9.17, 15) is 4.39 Å². The van der Waals surface area contributed by atoms with Crippen LogP contribution in [0.25, 0.3) is 0 Å². The summed E-state index contributed by atoms with van der Waals surface area (Å²) >= 11 is 0. The van der Waals surface area contributed by atoms with Crippen molar-refractivity contribution >= 4 is 0 Å². The number of nitrogens with zero attached hydrogens (tertiary/aromatic N) is 2. The van der Waals surface area contributed by atoms with E-state index in [1.165, 1.54) is 6.07 Å². The van der Waals surface area contributed by atoms with Crippen LogP contribution in [0.4, 0.5) is 4.39 Å². The fourth-order valence-electron chi connectivity index (χ4n) is 1.64. The standard InChI is InChI=1S/C14H18FN3O2/c1-9(2)16-7-11-4-5-13(12(15)6-11)19-8-14-17-10(3)20-18-14/h4-6,9,16H,7-8H2,1-3H3. The first-order valence-corrected chi connectivity index (χ1v) is 6.48. The van der Waals surface area contributed by atoms with E-state index in [4.69, 9.17) is 9.26 Å². The third kappa shape index (κ3) is 4.03. The van der Waals surface area contributed by atoms with Crippen LogP contribution in [0.3, 0.4) is 0 Å². The van der Waals surface area contributed by atoms with Crippen LogP contribution in [0, 0.1) is 12.7 Å². The number of benzene rings is 1. The maximum absolute atomic E-state index is 13.9. The van der Waals surface area contributed by atoms with Crippen molar-refractivity contribution in [1.29, 1.82) is 0 Å². The Bertz CT molecular complexity index is 569. The second-order valence-corrected chi connectivity index (χ2v) is 4.82. The quantitative estimate of drug-likeness (QED) is 0.880. The van der Waals surface area contributed by atoms with Gasteiger partial charge in [-0.1, -0.05) is 25.1 Å². The summed E-state index contributed by atoms with van der Waals surface area (Å²) in [5, 5.41) is 6.91. The van der Waals surface area contributed by atoms with Gasteiger partial charge in [0.1, 0.15) is 0 Å². The summed E-state index contributed by atoms with van der Waals surface area (Å²) in [7, 11) is 0. The van der Waals surface area contributed by atoms with E-state index < -0.39 is 5.82 Å². The minimum atomic E-state index is -0.395. The second-order valence-electron chi connectivity index (χ2n) is 4.82.